The SMILES string of the molecule is COCCCOc1ccc2cc(C#CCCl)ccc2c1. The third-order valence-corrected chi connectivity index (χ3v) is 3.01. The van der Waals surface area contributed by atoms with Crippen molar-refractivity contribution in [3.63, 3.8) is 0 Å². The van der Waals surface area contributed by atoms with E-state index in [1.165, 1.54) is 0 Å². The van der Waals surface area contributed by atoms with Crippen molar-refractivity contribution in [3.8, 4) is 17.6 Å². The van der Waals surface area contributed by atoms with E-state index in [1.807, 2.05) is 24.3 Å². The van der Waals surface area contributed by atoms with Crippen molar-refractivity contribution in [2.45, 2.75) is 6.42 Å². The standard InChI is InChI=1S/C17H17ClO2/c1-19-10-3-11-20-17-8-7-15-12-14(4-2-9-18)5-6-16(15)13-17/h5-8,12-13H,3,9-11H2,1H3. The number of hydrogen-bond donors (Lipinski definition) is 0. The summed E-state index contributed by atoms with van der Waals surface area (Å²) in [6.45, 7) is 1.38. The minimum Gasteiger partial charge on any atom is -0.493 e. The smallest absolute Gasteiger partial charge is 0.119 e. The Hall–Kier alpha value is -1.69. The maximum absolute atomic E-state index is 5.69. The normalized spacial score (nSPS) is 10.1. The molecule has 2 aromatic rings. The second-order valence-electron chi connectivity index (χ2n) is 4.35. The number of ether oxygens (including phenoxy) is 2. The van der Waals surface area contributed by atoms with Crippen molar-refractivity contribution in [3.05, 3.63) is 42.0 Å². The summed E-state index contributed by atoms with van der Waals surface area (Å²) in [5.74, 6) is 7.12. The van der Waals surface area contributed by atoms with Crippen LogP contribution in [0.2, 0.25) is 0 Å². The van der Waals surface area contributed by atoms with Crippen LogP contribution in [-0.2, 0) is 4.74 Å². The van der Waals surface area contributed by atoms with Crippen molar-refractivity contribution in [2.75, 3.05) is 26.2 Å². The lowest BCUT2D eigenvalue weighted by Crippen LogP contribution is -2.01. The summed E-state index contributed by atoms with van der Waals surface area (Å²) in [6.07, 6.45) is 0.890. The van der Waals surface area contributed by atoms with Gasteiger partial charge < -0.3 is 9.47 Å². The van der Waals surface area contributed by atoms with E-state index in [4.69, 9.17) is 21.1 Å². The third kappa shape index (κ3) is 4.16. The van der Waals surface area contributed by atoms with Gasteiger partial charge in [-0.25, -0.2) is 0 Å². The molecule has 2 nitrogen and oxygen atoms in total. The summed E-state index contributed by atoms with van der Waals surface area (Å²) in [7, 11) is 1.70. The van der Waals surface area contributed by atoms with Gasteiger partial charge in [0.05, 0.1) is 12.5 Å². The summed E-state index contributed by atoms with van der Waals surface area (Å²) >= 11 is 5.56. The van der Waals surface area contributed by atoms with Crippen LogP contribution in [0.25, 0.3) is 10.8 Å². The summed E-state index contributed by atoms with van der Waals surface area (Å²) in [5, 5.41) is 2.29. The van der Waals surface area contributed by atoms with Gasteiger partial charge in [-0.2, -0.15) is 0 Å². The lowest BCUT2D eigenvalue weighted by Gasteiger charge is -2.07. The Morgan fingerprint density at radius 2 is 1.85 bits per heavy atom. The topological polar surface area (TPSA) is 18.5 Å². The van der Waals surface area contributed by atoms with E-state index in [0.717, 1.165) is 35.1 Å². The fourth-order valence-electron chi connectivity index (χ4n) is 1.92. The van der Waals surface area contributed by atoms with Crippen LogP contribution in [0.15, 0.2) is 36.4 Å². The largest absolute Gasteiger partial charge is 0.493 e. The first kappa shape index (κ1) is 14.7. The first-order valence-electron chi connectivity index (χ1n) is 6.54. The van der Waals surface area contributed by atoms with Crippen LogP contribution in [0, 0.1) is 11.8 Å². The number of hydrogen-bond acceptors (Lipinski definition) is 2. The summed E-state index contributed by atoms with van der Waals surface area (Å²) in [6, 6.07) is 12.2. The van der Waals surface area contributed by atoms with Crippen LogP contribution in [0.5, 0.6) is 5.75 Å². The van der Waals surface area contributed by atoms with Crippen molar-refractivity contribution in [1.29, 1.82) is 0 Å². The minimum absolute atomic E-state index is 0.353. The van der Waals surface area contributed by atoms with Crippen LogP contribution in [0.4, 0.5) is 0 Å². The van der Waals surface area contributed by atoms with Gasteiger partial charge in [-0.15, -0.1) is 11.6 Å². The molecule has 0 radical (unpaired) electrons. The zero-order valence-electron chi connectivity index (χ0n) is 11.5. The molecule has 0 N–H and O–H groups in total. The Labute approximate surface area is 124 Å². The van der Waals surface area contributed by atoms with Crippen LogP contribution in [0.1, 0.15) is 12.0 Å². The van der Waals surface area contributed by atoms with Gasteiger partial charge in [0.1, 0.15) is 5.75 Å². The molecule has 0 bridgehead atoms. The van der Waals surface area contributed by atoms with Crippen LogP contribution < -0.4 is 4.74 Å². The van der Waals surface area contributed by atoms with E-state index in [1.54, 1.807) is 7.11 Å². The second kappa shape index (κ2) is 7.79. The molecular formula is C17H17ClO2. The maximum Gasteiger partial charge on any atom is 0.119 e. The Balaban J connectivity index is 2.10. The predicted octanol–water partition coefficient (Wildman–Crippen LogP) is 3.85. The molecule has 0 aliphatic rings. The van der Waals surface area contributed by atoms with Gasteiger partial charge >= 0.3 is 0 Å². The van der Waals surface area contributed by atoms with Gasteiger partial charge in [-0.3, -0.25) is 0 Å². The molecule has 0 aliphatic carbocycles. The lowest BCUT2D eigenvalue weighted by atomic mass is 10.1. The second-order valence-corrected chi connectivity index (χ2v) is 4.62. The Kier molecular flexibility index (Phi) is 5.73. The van der Waals surface area contributed by atoms with Crippen molar-refractivity contribution < 1.29 is 9.47 Å². The molecule has 0 unspecified atom stereocenters. The zero-order valence-corrected chi connectivity index (χ0v) is 12.2. The van der Waals surface area contributed by atoms with E-state index < -0.39 is 0 Å². The summed E-state index contributed by atoms with van der Waals surface area (Å²) in [4.78, 5) is 0. The van der Waals surface area contributed by atoms with E-state index in [-0.39, 0.29) is 0 Å². The van der Waals surface area contributed by atoms with E-state index in [0.29, 0.717) is 12.5 Å². The number of benzene rings is 2. The Morgan fingerprint density at radius 1 is 1.05 bits per heavy atom. The molecule has 0 spiro atoms. The molecule has 0 fully saturated rings. The van der Waals surface area contributed by atoms with Gasteiger partial charge in [0.25, 0.3) is 0 Å². The average Bonchev–Trinajstić information content (AvgIpc) is 2.49. The number of methoxy groups -OCH3 is 1. The zero-order chi connectivity index (χ0) is 14.2. The van der Waals surface area contributed by atoms with Gasteiger partial charge in [-0.1, -0.05) is 24.0 Å². The van der Waals surface area contributed by atoms with Gasteiger partial charge in [0.15, 0.2) is 0 Å². The molecule has 0 atom stereocenters. The third-order valence-electron chi connectivity index (χ3n) is 2.87. The average molecular weight is 289 g/mol. The molecule has 0 amide bonds. The van der Waals surface area contributed by atoms with Crippen LogP contribution in [0.3, 0.4) is 0 Å². The highest BCUT2D eigenvalue weighted by Gasteiger charge is 1.99. The lowest BCUT2D eigenvalue weighted by molar-refractivity contribution is 0.172. The molecule has 0 heterocycles. The van der Waals surface area contributed by atoms with Crippen molar-refractivity contribution in [1.82, 2.24) is 0 Å². The predicted molar refractivity (Wildman–Crippen MR) is 83.5 cm³/mol. The Bertz CT molecular complexity index is 626. The molecule has 104 valence electrons. The quantitative estimate of drug-likeness (QED) is 0.473. The first-order valence-corrected chi connectivity index (χ1v) is 7.07. The first-order chi connectivity index (χ1) is 9.83. The Morgan fingerprint density at radius 3 is 2.65 bits per heavy atom. The van der Waals surface area contributed by atoms with Gasteiger partial charge in [0, 0.05) is 25.7 Å². The van der Waals surface area contributed by atoms with Gasteiger partial charge in [0.2, 0.25) is 0 Å². The van der Waals surface area contributed by atoms with E-state index in [2.05, 4.69) is 24.0 Å². The number of alkyl halides is 1. The maximum atomic E-state index is 5.69. The molecule has 3 heteroatoms. The number of fused-ring (bicyclic) bond motifs is 1. The van der Waals surface area contributed by atoms with Crippen molar-refractivity contribution in [2.24, 2.45) is 0 Å². The highest BCUT2D eigenvalue weighted by atomic mass is 35.5. The summed E-state index contributed by atoms with van der Waals surface area (Å²) < 4.78 is 10.7. The molecular weight excluding hydrogens is 272 g/mol. The number of halogens is 1. The van der Waals surface area contributed by atoms with Crippen LogP contribution >= 0.6 is 11.6 Å². The summed E-state index contributed by atoms with van der Waals surface area (Å²) in [5.41, 5.74) is 0.979. The fourth-order valence-corrected chi connectivity index (χ4v) is 1.99. The monoisotopic (exact) mass is 288 g/mol. The molecule has 2 rings (SSSR count). The molecule has 2 aromatic carbocycles. The van der Waals surface area contributed by atoms with Crippen molar-refractivity contribution >= 4 is 22.4 Å². The van der Waals surface area contributed by atoms with E-state index in [9.17, 15) is 0 Å². The molecule has 20 heavy (non-hydrogen) atoms. The molecule has 0 aromatic heterocycles. The number of rotatable bonds is 5. The van der Waals surface area contributed by atoms with E-state index >= 15 is 0 Å². The van der Waals surface area contributed by atoms with Crippen LogP contribution in [-0.4, -0.2) is 26.2 Å². The highest BCUT2D eigenvalue weighted by molar-refractivity contribution is 6.19. The van der Waals surface area contributed by atoms with Gasteiger partial charge in [-0.05, 0) is 35.0 Å². The molecule has 0 aliphatic heterocycles. The minimum atomic E-state index is 0.353. The highest BCUT2D eigenvalue weighted by Crippen LogP contribution is 2.22. The fraction of sp³-hybridized carbons (Fsp3) is 0.294. The molecule has 0 saturated heterocycles. The molecule has 0 saturated carbocycles.